The average molecular weight is 350 g/mol. The Labute approximate surface area is 142 Å². The van der Waals surface area contributed by atoms with Gasteiger partial charge in [0.2, 0.25) is 5.89 Å². The summed E-state index contributed by atoms with van der Waals surface area (Å²) in [5, 5.41) is 6.17. The van der Waals surface area contributed by atoms with Crippen molar-refractivity contribution < 1.29 is 22.9 Å². The van der Waals surface area contributed by atoms with Gasteiger partial charge < -0.3 is 9.84 Å². The smallest absolute Gasteiger partial charge is 0.325 e. The summed E-state index contributed by atoms with van der Waals surface area (Å²) in [6, 6.07) is 1.99. The van der Waals surface area contributed by atoms with Crippen molar-refractivity contribution in [2.45, 2.75) is 38.8 Å². The fourth-order valence-electron chi connectivity index (χ4n) is 2.61. The van der Waals surface area contributed by atoms with Crippen LogP contribution in [0.3, 0.4) is 0 Å². The number of imide groups is 1. The van der Waals surface area contributed by atoms with Gasteiger partial charge in [-0.15, -0.1) is 0 Å². The molecule has 132 valence electrons. The van der Waals surface area contributed by atoms with Gasteiger partial charge in [-0.25, -0.2) is 13.6 Å². The van der Waals surface area contributed by atoms with Crippen molar-refractivity contribution in [1.29, 1.82) is 0 Å². The molecule has 1 aromatic heterocycles. The summed E-state index contributed by atoms with van der Waals surface area (Å²) in [5.74, 6) is -1.69. The molecular weight excluding hydrogens is 334 g/mol. The number of urea groups is 1. The third kappa shape index (κ3) is 2.86. The number of carbonyl (C=O) groups excluding carboxylic acids is 2. The Bertz CT molecular complexity index is 852. The van der Waals surface area contributed by atoms with E-state index in [0.717, 1.165) is 23.1 Å². The molecule has 0 bridgehead atoms. The third-order valence-electron chi connectivity index (χ3n) is 4.04. The lowest BCUT2D eigenvalue weighted by Gasteiger charge is -2.22. The lowest BCUT2D eigenvalue weighted by molar-refractivity contribution is -0.131. The van der Waals surface area contributed by atoms with Crippen LogP contribution in [-0.2, 0) is 16.9 Å². The van der Waals surface area contributed by atoms with E-state index in [4.69, 9.17) is 4.52 Å². The van der Waals surface area contributed by atoms with Crippen LogP contribution in [0.25, 0.3) is 0 Å². The van der Waals surface area contributed by atoms with Crippen molar-refractivity contribution in [2.24, 2.45) is 0 Å². The number of carbonyl (C=O) groups is 2. The Morgan fingerprint density at radius 2 is 2.04 bits per heavy atom. The lowest BCUT2D eigenvalue weighted by Crippen LogP contribution is -2.41. The quantitative estimate of drug-likeness (QED) is 0.856. The zero-order chi connectivity index (χ0) is 18.4. The van der Waals surface area contributed by atoms with E-state index in [1.807, 2.05) is 13.8 Å². The Balaban J connectivity index is 1.90. The third-order valence-corrected chi connectivity index (χ3v) is 4.04. The lowest BCUT2D eigenvalue weighted by atomic mass is 9.91. The largest absolute Gasteiger partial charge is 0.337 e. The maximum absolute atomic E-state index is 14.1. The topological polar surface area (TPSA) is 88.3 Å². The summed E-state index contributed by atoms with van der Waals surface area (Å²) >= 11 is 0. The molecule has 7 nitrogen and oxygen atoms in total. The number of nitrogens with one attached hydrogen (secondary N) is 1. The molecule has 1 N–H and O–H groups in total. The van der Waals surface area contributed by atoms with Gasteiger partial charge >= 0.3 is 6.03 Å². The van der Waals surface area contributed by atoms with Gasteiger partial charge in [0, 0.05) is 11.5 Å². The fraction of sp³-hybridized carbons (Fsp3) is 0.375. The highest BCUT2D eigenvalue weighted by molar-refractivity contribution is 6.07. The first-order chi connectivity index (χ1) is 11.7. The first-order valence-electron chi connectivity index (χ1n) is 7.64. The SMILES string of the molecule is CC(C)c1noc(CN2C(=O)NC(C)(c3cc(F)ccc3F)C2=O)n1. The predicted octanol–water partition coefficient (Wildman–Crippen LogP) is 2.44. The molecule has 0 saturated carbocycles. The van der Waals surface area contributed by atoms with Crippen molar-refractivity contribution >= 4 is 11.9 Å². The van der Waals surface area contributed by atoms with Crippen LogP contribution in [0.15, 0.2) is 22.7 Å². The number of halogens is 2. The number of hydrogen-bond donors (Lipinski definition) is 1. The average Bonchev–Trinajstić information content (AvgIpc) is 3.10. The van der Waals surface area contributed by atoms with E-state index in [1.165, 1.54) is 6.92 Å². The van der Waals surface area contributed by atoms with E-state index in [1.54, 1.807) is 0 Å². The fourth-order valence-corrected chi connectivity index (χ4v) is 2.61. The normalized spacial score (nSPS) is 20.5. The van der Waals surface area contributed by atoms with Gasteiger partial charge in [0.1, 0.15) is 23.7 Å². The zero-order valence-corrected chi connectivity index (χ0v) is 13.8. The summed E-state index contributed by atoms with van der Waals surface area (Å²) in [6.07, 6.45) is 0. The molecule has 1 saturated heterocycles. The number of amides is 3. The van der Waals surface area contributed by atoms with Crippen molar-refractivity contribution in [3.63, 3.8) is 0 Å². The molecule has 0 radical (unpaired) electrons. The van der Waals surface area contributed by atoms with E-state index in [0.29, 0.717) is 5.82 Å². The van der Waals surface area contributed by atoms with E-state index in [-0.39, 0.29) is 23.9 Å². The Kier molecular flexibility index (Phi) is 4.02. The van der Waals surface area contributed by atoms with Crippen LogP contribution in [0.4, 0.5) is 13.6 Å². The molecule has 2 aromatic rings. The highest BCUT2D eigenvalue weighted by Crippen LogP contribution is 2.31. The number of nitrogens with zero attached hydrogens (tertiary/aromatic N) is 3. The first kappa shape index (κ1) is 17.0. The molecule has 2 heterocycles. The standard InChI is InChI=1S/C16H16F2N4O3/c1-8(2)13-19-12(25-21-13)7-22-14(23)16(3,20-15(22)24)10-6-9(17)4-5-11(10)18/h4-6,8H,7H2,1-3H3,(H,20,24). The molecule has 0 aliphatic carbocycles. The van der Waals surface area contributed by atoms with E-state index < -0.39 is 29.1 Å². The summed E-state index contributed by atoms with van der Waals surface area (Å²) < 4.78 is 32.6. The Morgan fingerprint density at radius 3 is 2.68 bits per heavy atom. The van der Waals surface area contributed by atoms with Crippen LogP contribution < -0.4 is 5.32 Å². The molecule has 1 unspecified atom stereocenters. The molecular formula is C16H16F2N4O3. The van der Waals surface area contributed by atoms with Crippen LogP contribution in [-0.4, -0.2) is 27.0 Å². The predicted molar refractivity (Wildman–Crippen MR) is 81.2 cm³/mol. The summed E-state index contributed by atoms with van der Waals surface area (Å²) in [5.41, 5.74) is -1.97. The van der Waals surface area contributed by atoms with Crippen LogP contribution >= 0.6 is 0 Å². The minimum absolute atomic E-state index is 0.0206. The summed E-state index contributed by atoms with van der Waals surface area (Å²) in [7, 11) is 0. The molecule has 3 rings (SSSR count). The van der Waals surface area contributed by atoms with Crippen molar-refractivity contribution in [3.05, 3.63) is 47.1 Å². The van der Waals surface area contributed by atoms with Crippen molar-refractivity contribution in [2.75, 3.05) is 0 Å². The number of rotatable bonds is 4. The van der Waals surface area contributed by atoms with Crippen LogP contribution in [0.1, 0.15) is 44.0 Å². The Hall–Kier alpha value is -2.84. The van der Waals surface area contributed by atoms with E-state index >= 15 is 0 Å². The molecule has 1 aromatic carbocycles. The van der Waals surface area contributed by atoms with Gasteiger partial charge in [-0.3, -0.25) is 9.69 Å². The molecule has 25 heavy (non-hydrogen) atoms. The van der Waals surface area contributed by atoms with E-state index in [2.05, 4.69) is 15.5 Å². The molecule has 3 amide bonds. The number of benzene rings is 1. The molecule has 9 heteroatoms. The monoisotopic (exact) mass is 350 g/mol. The minimum Gasteiger partial charge on any atom is -0.337 e. The van der Waals surface area contributed by atoms with Gasteiger partial charge in [-0.2, -0.15) is 4.98 Å². The number of hydrogen-bond acceptors (Lipinski definition) is 5. The van der Waals surface area contributed by atoms with Gasteiger partial charge in [0.15, 0.2) is 5.82 Å². The second-order valence-electron chi connectivity index (χ2n) is 6.27. The number of aromatic nitrogens is 2. The second kappa shape index (κ2) is 5.91. The molecule has 1 aliphatic heterocycles. The van der Waals surface area contributed by atoms with Gasteiger partial charge in [-0.1, -0.05) is 19.0 Å². The molecule has 1 atom stereocenters. The maximum atomic E-state index is 14.1. The second-order valence-corrected chi connectivity index (χ2v) is 6.27. The minimum atomic E-state index is -1.72. The van der Waals surface area contributed by atoms with Crippen LogP contribution in [0, 0.1) is 11.6 Å². The van der Waals surface area contributed by atoms with Crippen LogP contribution in [0.5, 0.6) is 0 Å². The highest BCUT2D eigenvalue weighted by Gasteiger charge is 2.50. The van der Waals surface area contributed by atoms with Crippen molar-refractivity contribution in [1.82, 2.24) is 20.4 Å². The maximum Gasteiger partial charge on any atom is 0.325 e. The summed E-state index contributed by atoms with van der Waals surface area (Å²) in [6.45, 7) is 4.80. The molecule has 0 spiro atoms. The first-order valence-corrected chi connectivity index (χ1v) is 7.64. The van der Waals surface area contributed by atoms with Gasteiger partial charge in [0.25, 0.3) is 5.91 Å². The van der Waals surface area contributed by atoms with E-state index in [9.17, 15) is 18.4 Å². The highest BCUT2D eigenvalue weighted by atomic mass is 19.1. The molecule has 1 fully saturated rings. The van der Waals surface area contributed by atoms with Crippen molar-refractivity contribution in [3.8, 4) is 0 Å². The Morgan fingerprint density at radius 1 is 1.32 bits per heavy atom. The summed E-state index contributed by atoms with van der Waals surface area (Å²) in [4.78, 5) is 29.9. The zero-order valence-electron chi connectivity index (χ0n) is 13.8. The van der Waals surface area contributed by atoms with Gasteiger partial charge in [-0.05, 0) is 25.1 Å². The van der Waals surface area contributed by atoms with Crippen LogP contribution in [0.2, 0.25) is 0 Å². The van der Waals surface area contributed by atoms with Gasteiger partial charge in [0.05, 0.1) is 0 Å². The molecule has 1 aliphatic rings.